The molecule has 162 valence electrons. The Morgan fingerprint density at radius 1 is 1.27 bits per heavy atom. The molecule has 0 saturated heterocycles. The van der Waals surface area contributed by atoms with Crippen LogP contribution in [-0.2, 0) is 18.3 Å². The molecule has 0 saturated carbocycles. The maximum atomic E-state index is 12.5. The lowest BCUT2D eigenvalue weighted by molar-refractivity contribution is -0.139. The Morgan fingerprint density at radius 2 is 1.90 bits per heavy atom. The Hall–Kier alpha value is -3.36. The van der Waals surface area contributed by atoms with E-state index >= 15 is 0 Å². The number of carbonyl (C=O) groups excluding carboxylic acids is 1. The molecule has 2 aromatic rings. The van der Waals surface area contributed by atoms with E-state index in [1.165, 1.54) is 22.9 Å². The third-order valence-corrected chi connectivity index (χ3v) is 4.59. The van der Waals surface area contributed by atoms with Gasteiger partial charge in [-0.25, -0.2) is 14.3 Å². The number of aromatic nitrogens is 2. The number of amides is 2. The van der Waals surface area contributed by atoms with Gasteiger partial charge in [0.25, 0.3) is 5.56 Å². The monoisotopic (exact) mass is 416 g/mol. The van der Waals surface area contributed by atoms with Crippen molar-refractivity contribution in [3.8, 4) is 16.9 Å². The second kappa shape index (κ2) is 9.91. The first kappa shape index (κ1) is 22.9. The highest BCUT2D eigenvalue weighted by Crippen LogP contribution is 2.25. The summed E-state index contributed by atoms with van der Waals surface area (Å²) in [5.41, 5.74) is 1.42. The molecule has 1 atom stereocenters. The number of nitrogens with zero attached hydrogens (tertiary/aromatic N) is 3. The molecule has 1 heterocycles. The van der Waals surface area contributed by atoms with Crippen LogP contribution in [0.15, 0.2) is 35.3 Å². The van der Waals surface area contributed by atoms with E-state index in [1.807, 2.05) is 13.8 Å². The number of carboxylic acid groups (broad SMARTS) is 1. The Balaban J connectivity index is 2.20. The highest BCUT2D eigenvalue weighted by molar-refractivity contribution is 5.82. The van der Waals surface area contributed by atoms with Gasteiger partial charge in [-0.2, -0.15) is 5.10 Å². The molecule has 1 aromatic heterocycles. The van der Waals surface area contributed by atoms with Gasteiger partial charge in [-0.15, -0.1) is 0 Å². The third-order valence-electron chi connectivity index (χ3n) is 4.59. The quantitative estimate of drug-likeness (QED) is 0.678. The molecule has 0 spiro atoms. The molecule has 0 aliphatic carbocycles. The Labute approximate surface area is 175 Å². The molecule has 0 fully saturated rings. The van der Waals surface area contributed by atoms with Crippen molar-refractivity contribution in [2.24, 2.45) is 13.0 Å². The fraction of sp³-hybridized carbons (Fsp3) is 0.429. The Bertz CT molecular complexity index is 953. The number of aryl methyl sites for hydroxylation is 1. The molecular weight excluding hydrogens is 388 g/mol. The van der Waals surface area contributed by atoms with Gasteiger partial charge in [0.1, 0.15) is 6.04 Å². The van der Waals surface area contributed by atoms with Gasteiger partial charge in [0.2, 0.25) is 0 Å². The number of carboxylic acids is 1. The van der Waals surface area contributed by atoms with Gasteiger partial charge in [0.15, 0.2) is 5.75 Å². The number of benzene rings is 1. The zero-order chi connectivity index (χ0) is 22.4. The summed E-state index contributed by atoms with van der Waals surface area (Å²) in [7, 11) is 4.65. The van der Waals surface area contributed by atoms with E-state index in [9.17, 15) is 19.5 Å². The van der Waals surface area contributed by atoms with E-state index in [0.29, 0.717) is 29.0 Å². The number of hydrogen-bond donors (Lipinski definition) is 2. The lowest BCUT2D eigenvalue weighted by atomic mass is 10.0. The van der Waals surface area contributed by atoms with Crippen LogP contribution in [0.3, 0.4) is 0 Å². The number of methoxy groups -OCH3 is 1. The van der Waals surface area contributed by atoms with Crippen molar-refractivity contribution in [2.45, 2.75) is 26.3 Å². The largest absolute Gasteiger partial charge is 0.494 e. The summed E-state index contributed by atoms with van der Waals surface area (Å²) in [4.78, 5) is 37.8. The standard InChI is InChI=1S/C21H28N4O5/c1-13(2)12-24(3)21(29)23-16(20(27)28)10-14-6-8-15(9-7-14)18-17(30-5)11-22-25(4)19(18)26/h6-9,11,13,16H,10,12H2,1-5H3,(H,23,29)(H,27,28). The van der Waals surface area contributed by atoms with Gasteiger partial charge in [-0.05, 0) is 17.0 Å². The molecule has 2 rings (SSSR count). The first-order chi connectivity index (χ1) is 14.1. The van der Waals surface area contributed by atoms with Crippen LogP contribution in [0.1, 0.15) is 19.4 Å². The van der Waals surface area contributed by atoms with Crippen LogP contribution in [0.25, 0.3) is 11.1 Å². The number of aliphatic carboxylic acids is 1. The summed E-state index contributed by atoms with van der Waals surface area (Å²) < 4.78 is 6.47. The molecule has 1 aromatic carbocycles. The lowest BCUT2D eigenvalue weighted by Crippen LogP contribution is -2.48. The van der Waals surface area contributed by atoms with Crippen molar-refractivity contribution in [3.05, 3.63) is 46.4 Å². The zero-order valence-corrected chi connectivity index (χ0v) is 17.9. The van der Waals surface area contributed by atoms with Crippen LogP contribution in [0, 0.1) is 5.92 Å². The van der Waals surface area contributed by atoms with E-state index in [2.05, 4.69) is 10.4 Å². The van der Waals surface area contributed by atoms with Crippen LogP contribution >= 0.6 is 0 Å². The van der Waals surface area contributed by atoms with E-state index in [1.54, 1.807) is 38.4 Å². The average Bonchev–Trinajstić information content (AvgIpc) is 2.69. The van der Waals surface area contributed by atoms with Crippen LogP contribution in [0.5, 0.6) is 5.75 Å². The van der Waals surface area contributed by atoms with Crippen LogP contribution in [-0.4, -0.2) is 58.5 Å². The van der Waals surface area contributed by atoms with E-state index < -0.39 is 18.0 Å². The predicted octanol–water partition coefficient (Wildman–Crippen LogP) is 1.75. The van der Waals surface area contributed by atoms with Crippen LogP contribution < -0.4 is 15.6 Å². The van der Waals surface area contributed by atoms with E-state index in [-0.39, 0.29) is 17.9 Å². The summed E-state index contributed by atoms with van der Waals surface area (Å²) in [5, 5.41) is 16.0. The van der Waals surface area contributed by atoms with Gasteiger partial charge in [-0.1, -0.05) is 38.1 Å². The first-order valence-corrected chi connectivity index (χ1v) is 9.58. The molecule has 0 bridgehead atoms. The van der Waals surface area contributed by atoms with Crippen molar-refractivity contribution >= 4 is 12.0 Å². The highest BCUT2D eigenvalue weighted by Gasteiger charge is 2.23. The maximum Gasteiger partial charge on any atom is 0.326 e. The minimum Gasteiger partial charge on any atom is -0.494 e. The second-order valence-corrected chi connectivity index (χ2v) is 7.53. The van der Waals surface area contributed by atoms with Crippen LogP contribution in [0.2, 0.25) is 0 Å². The van der Waals surface area contributed by atoms with Gasteiger partial charge in [-0.3, -0.25) is 4.79 Å². The van der Waals surface area contributed by atoms with Crippen molar-refractivity contribution in [3.63, 3.8) is 0 Å². The normalized spacial score (nSPS) is 11.8. The smallest absolute Gasteiger partial charge is 0.326 e. The Morgan fingerprint density at radius 3 is 2.43 bits per heavy atom. The van der Waals surface area contributed by atoms with Gasteiger partial charge >= 0.3 is 12.0 Å². The van der Waals surface area contributed by atoms with Crippen molar-refractivity contribution in [1.82, 2.24) is 20.0 Å². The molecule has 2 N–H and O–H groups in total. The third kappa shape index (κ3) is 5.59. The maximum absolute atomic E-state index is 12.5. The average molecular weight is 416 g/mol. The second-order valence-electron chi connectivity index (χ2n) is 7.53. The van der Waals surface area contributed by atoms with Gasteiger partial charge < -0.3 is 20.1 Å². The number of rotatable bonds is 8. The predicted molar refractivity (Wildman–Crippen MR) is 113 cm³/mol. The molecule has 2 amide bonds. The Kier molecular flexibility index (Phi) is 7.57. The lowest BCUT2D eigenvalue weighted by Gasteiger charge is -2.23. The molecule has 9 heteroatoms. The van der Waals surface area contributed by atoms with Crippen molar-refractivity contribution in [2.75, 3.05) is 20.7 Å². The molecule has 30 heavy (non-hydrogen) atoms. The molecule has 0 aliphatic heterocycles. The van der Waals surface area contributed by atoms with Crippen molar-refractivity contribution < 1.29 is 19.4 Å². The topological polar surface area (TPSA) is 114 Å². The summed E-state index contributed by atoms with van der Waals surface area (Å²) in [5.74, 6) is -0.487. The SMILES string of the molecule is COc1cnn(C)c(=O)c1-c1ccc(CC(NC(=O)N(C)CC(C)C)C(=O)O)cc1. The number of nitrogens with one attached hydrogen (secondary N) is 1. The summed E-state index contributed by atoms with van der Waals surface area (Å²) in [6, 6.07) is 5.41. The molecule has 9 nitrogen and oxygen atoms in total. The molecule has 1 unspecified atom stereocenters. The first-order valence-electron chi connectivity index (χ1n) is 9.58. The highest BCUT2D eigenvalue weighted by atomic mass is 16.5. The van der Waals surface area contributed by atoms with Gasteiger partial charge in [0.05, 0.1) is 18.9 Å². The minimum absolute atomic E-state index is 0.113. The van der Waals surface area contributed by atoms with Gasteiger partial charge in [0, 0.05) is 27.1 Å². The van der Waals surface area contributed by atoms with E-state index in [0.717, 1.165) is 0 Å². The van der Waals surface area contributed by atoms with Crippen LogP contribution in [0.4, 0.5) is 4.79 Å². The fourth-order valence-corrected chi connectivity index (χ4v) is 3.08. The molecule has 0 aliphatic rings. The number of ether oxygens (including phenoxy) is 1. The van der Waals surface area contributed by atoms with E-state index in [4.69, 9.17) is 4.74 Å². The number of carbonyl (C=O) groups is 2. The number of hydrogen-bond acceptors (Lipinski definition) is 5. The summed E-state index contributed by atoms with van der Waals surface area (Å²) in [6.07, 6.45) is 1.58. The van der Waals surface area contributed by atoms with Crippen molar-refractivity contribution in [1.29, 1.82) is 0 Å². The minimum atomic E-state index is -1.12. The zero-order valence-electron chi connectivity index (χ0n) is 17.9. The number of urea groups is 1. The molecular formula is C21H28N4O5. The summed E-state index contributed by atoms with van der Waals surface area (Å²) in [6.45, 7) is 4.48. The summed E-state index contributed by atoms with van der Waals surface area (Å²) >= 11 is 0. The fourth-order valence-electron chi connectivity index (χ4n) is 3.08. The molecule has 0 radical (unpaired) electrons.